The summed E-state index contributed by atoms with van der Waals surface area (Å²) in [6.45, 7) is 1.92. The molecule has 0 aromatic heterocycles. The van der Waals surface area contributed by atoms with Gasteiger partial charge < -0.3 is 20.7 Å². The van der Waals surface area contributed by atoms with E-state index in [0.29, 0.717) is 25.5 Å². The Morgan fingerprint density at radius 2 is 2.11 bits per heavy atom. The number of para-hydroxylation sites is 1. The van der Waals surface area contributed by atoms with Crippen molar-refractivity contribution < 1.29 is 9.53 Å². The first-order chi connectivity index (χ1) is 12.7. The van der Waals surface area contributed by atoms with E-state index in [9.17, 15) is 4.79 Å². The third kappa shape index (κ3) is 4.35. The molecule has 2 aromatic rings. The molecule has 0 aliphatic carbocycles. The minimum absolute atomic E-state index is 0. The number of anilines is 1. The number of fused-ring (bicyclic) bond motifs is 1. The zero-order valence-electron chi connectivity index (χ0n) is 14.9. The van der Waals surface area contributed by atoms with Crippen LogP contribution in [0.2, 0.25) is 0 Å². The average Bonchev–Trinajstić information content (AvgIpc) is 2.66. The zero-order valence-corrected chi connectivity index (χ0v) is 17.3. The van der Waals surface area contributed by atoms with Crippen LogP contribution >= 0.6 is 24.0 Å². The van der Waals surface area contributed by atoms with Crippen LogP contribution in [-0.4, -0.2) is 25.0 Å². The minimum Gasteiger partial charge on any atom is -0.493 e. The molecule has 0 spiro atoms. The number of nitrogens with two attached hydrogens (primary N) is 1. The predicted molar refractivity (Wildman–Crippen MR) is 117 cm³/mol. The maximum absolute atomic E-state index is 11.6. The number of carbonyl (C=O) groups excluding carboxylic acids is 1. The molecule has 7 heteroatoms. The largest absolute Gasteiger partial charge is 0.493 e. The molecule has 4 rings (SSSR count). The molecule has 3 N–H and O–H groups in total. The molecule has 1 amide bonds. The van der Waals surface area contributed by atoms with Crippen LogP contribution in [-0.2, 0) is 11.3 Å². The molecule has 2 aliphatic rings. The molecular formula is C20H23IN4O2. The summed E-state index contributed by atoms with van der Waals surface area (Å²) in [6.07, 6.45) is 1.48. The number of nitrogens with one attached hydrogen (secondary N) is 1. The van der Waals surface area contributed by atoms with Crippen LogP contribution in [0.4, 0.5) is 5.69 Å². The zero-order chi connectivity index (χ0) is 17.9. The van der Waals surface area contributed by atoms with Crippen LogP contribution in [0.5, 0.6) is 5.75 Å². The summed E-state index contributed by atoms with van der Waals surface area (Å²) in [5, 5.41) is 3.30. The smallest absolute Gasteiger partial charge is 0.228 e. The highest BCUT2D eigenvalue weighted by Crippen LogP contribution is 2.31. The molecule has 0 saturated carbocycles. The highest BCUT2D eigenvalue weighted by atomic mass is 127. The van der Waals surface area contributed by atoms with Gasteiger partial charge in [-0.25, -0.2) is 4.99 Å². The molecule has 1 unspecified atom stereocenters. The third-order valence-electron chi connectivity index (χ3n) is 4.79. The first-order valence-corrected chi connectivity index (χ1v) is 8.88. The fourth-order valence-electron chi connectivity index (χ4n) is 3.30. The lowest BCUT2D eigenvalue weighted by atomic mass is 10.0. The van der Waals surface area contributed by atoms with Crippen molar-refractivity contribution in [2.45, 2.75) is 25.4 Å². The fourth-order valence-corrected chi connectivity index (χ4v) is 3.30. The monoisotopic (exact) mass is 478 g/mol. The summed E-state index contributed by atoms with van der Waals surface area (Å²) in [6, 6.07) is 16.0. The SMILES string of the molecule is I.NC(=NCc1cccc(N2CCC2=O)c1)NC1CCOc2ccccc21. The number of rotatable bonds is 4. The van der Waals surface area contributed by atoms with Gasteiger partial charge >= 0.3 is 0 Å². The Labute approximate surface area is 175 Å². The Kier molecular flexibility index (Phi) is 6.20. The van der Waals surface area contributed by atoms with E-state index >= 15 is 0 Å². The average molecular weight is 478 g/mol. The van der Waals surface area contributed by atoms with Crippen LogP contribution in [0, 0.1) is 0 Å². The molecule has 2 aliphatic heterocycles. The van der Waals surface area contributed by atoms with Crippen molar-refractivity contribution in [2.75, 3.05) is 18.1 Å². The number of carbonyl (C=O) groups is 1. The van der Waals surface area contributed by atoms with Crippen molar-refractivity contribution in [2.24, 2.45) is 10.7 Å². The van der Waals surface area contributed by atoms with Crippen LogP contribution in [0.15, 0.2) is 53.5 Å². The normalized spacial score (nSPS) is 18.7. The molecule has 1 saturated heterocycles. The number of guanidine groups is 1. The maximum atomic E-state index is 11.6. The molecule has 0 radical (unpaired) electrons. The number of hydrogen-bond acceptors (Lipinski definition) is 3. The summed E-state index contributed by atoms with van der Waals surface area (Å²) in [5.41, 5.74) is 9.16. The van der Waals surface area contributed by atoms with Gasteiger partial charge in [0.1, 0.15) is 5.75 Å². The van der Waals surface area contributed by atoms with Crippen molar-refractivity contribution >= 4 is 41.5 Å². The van der Waals surface area contributed by atoms with E-state index in [1.165, 1.54) is 0 Å². The fraction of sp³-hybridized carbons (Fsp3) is 0.300. The number of amides is 1. The number of ether oxygens (including phenoxy) is 1. The van der Waals surface area contributed by atoms with Crippen LogP contribution < -0.4 is 20.7 Å². The van der Waals surface area contributed by atoms with E-state index in [0.717, 1.165) is 35.5 Å². The van der Waals surface area contributed by atoms with Crippen molar-refractivity contribution in [3.05, 3.63) is 59.7 Å². The first kappa shape index (κ1) is 19.5. The highest BCUT2D eigenvalue weighted by molar-refractivity contribution is 14.0. The van der Waals surface area contributed by atoms with Gasteiger partial charge in [-0.3, -0.25) is 4.79 Å². The lowest BCUT2D eigenvalue weighted by molar-refractivity contribution is -0.122. The van der Waals surface area contributed by atoms with Crippen molar-refractivity contribution in [1.29, 1.82) is 0 Å². The Bertz CT molecular complexity index is 855. The van der Waals surface area contributed by atoms with Crippen LogP contribution in [0.1, 0.15) is 30.0 Å². The Morgan fingerprint density at radius 1 is 1.26 bits per heavy atom. The van der Waals surface area contributed by atoms with E-state index in [4.69, 9.17) is 10.5 Å². The summed E-state index contributed by atoms with van der Waals surface area (Å²) in [5.74, 6) is 1.48. The lowest BCUT2D eigenvalue weighted by Crippen LogP contribution is -2.43. The number of benzene rings is 2. The summed E-state index contributed by atoms with van der Waals surface area (Å²) >= 11 is 0. The van der Waals surface area contributed by atoms with Crippen molar-refractivity contribution in [3.63, 3.8) is 0 Å². The number of aliphatic imine (C=N–C) groups is 1. The predicted octanol–water partition coefficient (Wildman–Crippen LogP) is 2.97. The number of β-lactam (4-membered cyclic amide) rings is 1. The third-order valence-corrected chi connectivity index (χ3v) is 4.79. The van der Waals surface area contributed by atoms with Gasteiger partial charge in [0, 0.05) is 30.6 Å². The van der Waals surface area contributed by atoms with Gasteiger partial charge in [0.2, 0.25) is 5.91 Å². The van der Waals surface area contributed by atoms with E-state index in [1.54, 1.807) is 4.90 Å². The van der Waals surface area contributed by atoms with Crippen molar-refractivity contribution in [3.8, 4) is 5.75 Å². The second-order valence-corrected chi connectivity index (χ2v) is 6.54. The minimum atomic E-state index is 0. The molecular weight excluding hydrogens is 455 g/mol. The number of nitrogens with zero attached hydrogens (tertiary/aromatic N) is 2. The van der Waals surface area contributed by atoms with Crippen LogP contribution in [0.25, 0.3) is 0 Å². The Balaban J connectivity index is 0.00000210. The molecule has 6 nitrogen and oxygen atoms in total. The van der Waals surface area contributed by atoms with Gasteiger partial charge in [-0.1, -0.05) is 30.3 Å². The highest BCUT2D eigenvalue weighted by Gasteiger charge is 2.25. The van der Waals surface area contributed by atoms with E-state index in [2.05, 4.69) is 10.3 Å². The van der Waals surface area contributed by atoms with Gasteiger partial charge in [-0.05, 0) is 23.8 Å². The summed E-state index contributed by atoms with van der Waals surface area (Å²) in [4.78, 5) is 17.8. The quantitative estimate of drug-likeness (QED) is 0.307. The Hall–Kier alpha value is -2.29. The molecule has 1 atom stereocenters. The second-order valence-electron chi connectivity index (χ2n) is 6.54. The lowest BCUT2D eigenvalue weighted by Gasteiger charge is -2.30. The second kappa shape index (κ2) is 8.60. The topological polar surface area (TPSA) is 80.0 Å². The maximum Gasteiger partial charge on any atom is 0.228 e. The molecule has 2 aromatic carbocycles. The van der Waals surface area contributed by atoms with Gasteiger partial charge in [0.25, 0.3) is 0 Å². The molecule has 0 bridgehead atoms. The van der Waals surface area contributed by atoms with E-state index < -0.39 is 0 Å². The Morgan fingerprint density at radius 3 is 2.89 bits per heavy atom. The van der Waals surface area contributed by atoms with Gasteiger partial charge in [0.15, 0.2) is 5.96 Å². The van der Waals surface area contributed by atoms with Crippen molar-refractivity contribution in [1.82, 2.24) is 5.32 Å². The van der Waals surface area contributed by atoms with Gasteiger partial charge in [-0.15, -0.1) is 24.0 Å². The number of halogens is 1. The standard InChI is InChI=1S/C20H22N4O2.HI/c21-20(23-17-9-11-26-18-7-2-1-6-16(17)18)22-13-14-4-3-5-15(12-14)24-10-8-19(24)25;/h1-7,12,17H,8-11,13H2,(H3,21,22,23);1H. The van der Waals surface area contributed by atoms with E-state index in [1.807, 2.05) is 48.5 Å². The summed E-state index contributed by atoms with van der Waals surface area (Å²) in [7, 11) is 0. The first-order valence-electron chi connectivity index (χ1n) is 8.88. The van der Waals surface area contributed by atoms with Gasteiger partial charge in [0.05, 0.1) is 19.2 Å². The summed E-state index contributed by atoms with van der Waals surface area (Å²) < 4.78 is 5.67. The molecule has 1 fully saturated rings. The number of hydrogen-bond donors (Lipinski definition) is 2. The van der Waals surface area contributed by atoms with E-state index in [-0.39, 0.29) is 35.9 Å². The molecule has 27 heavy (non-hydrogen) atoms. The van der Waals surface area contributed by atoms with Crippen LogP contribution in [0.3, 0.4) is 0 Å². The molecule has 142 valence electrons. The van der Waals surface area contributed by atoms with Gasteiger partial charge in [-0.2, -0.15) is 0 Å². The molecule has 2 heterocycles.